The van der Waals surface area contributed by atoms with Crippen molar-refractivity contribution >= 4 is 0 Å². The van der Waals surface area contributed by atoms with Crippen LogP contribution in [0.4, 0.5) is 0 Å². The molecule has 1 atom stereocenters. The summed E-state index contributed by atoms with van der Waals surface area (Å²) in [4.78, 5) is 0. The number of nitrogens with one attached hydrogen (secondary N) is 1. The summed E-state index contributed by atoms with van der Waals surface area (Å²) < 4.78 is 0. The maximum Gasteiger partial charge on any atom is 0.00104 e. The van der Waals surface area contributed by atoms with E-state index in [0.29, 0.717) is 5.41 Å². The molecule has 0 bridgehead atoms. The van der Waals surface area contributed by atoms with Crippen LogP contribution in [0, 0.1) is 17.3 Å². The Hall–Kier alpha value is -0.0800. The van der Waals surface area contributed by atoms with Crippen molar-refractivity contribution in [3.8, 4) is 0 Å². The minimum Gasteiger partial charge on any atom is -0.330 e. The fraction of sp³-hybridized carbons (Fsp3) is 1.00. The zero-order chi connectivity index (χ0) is 11.3. The molecule has 1 unspecified atom stereocenters. The first-order valence-corrected chi connectivity index (χ1v) is 6.51. The molecule has 0 heterocycles. The van der Waals surface area contributed by atoms with Gasteiger partial charge in [-0.15, -0.1) is 0 Å². The molecule has 2 nitrogen and oxygen atoms in total. The van der Waals surface area contributed by atoms with Gasteiger partial charge in [-0.2, -0.15) is 0 Å². The Bertz CT molecular complexity index is 173. The fourth-order valence-corrected chi connectivity index (χ4v) is 2.25. The lowest BCUT2D eigenvalue weighted by atomic mass is 9.92. The van der Waals surface area contributed by atoms with Gasteiger partial charge in [-0.1, -0.05) is 20.8 Å². The lowest BCUT2D eigenvalue weighted by molar-refractivity contribution is 0.325. The number of hydrogen-bond acceptors (Lipinski definition) is 2. The fourth-order valence-electron chi connectivity index (χ4n) is 2.25. The molecule has 90 valence electrons. The van der Waals surface area contributed by atoms with Gasteiger partial charge in [-0.3, -0.25) is 0 Å². The van der Waals surface area contributed by atoms with Crippen LogP contribution in [0.15, 0.2) is 0 Å². The highest BCUT2D eigenvalue weighted by Crippen LogP contribution is 2.51. The third-order valence-corrected chi connectivity index (χ3v) is 3.99. The van der Waals surface area contributed by atoms with E-state index in [2.05, 4.69) is 26.1 Å². The topological polar surface area (TPSA) is 38.0 Å². The molecule has 3 N–H and O–H groups in total. The van der Waals surface area contributed by atoms with Gasteiger partial charge in [-0.25, -0.2) is 0 Å². The van der Waals surface area contributed by atoms with Gasteiger partial charge in [0, 0.05) is 6.54 Å². The van der Waals surface area contributed by atoms with Crippen molar-refractivity contribution in [1.29, 1.82) is 0 Å². The van der Waals surface area contributed by atoms with Crippen LogP contribution in [0.5, 0.6) is 0 Å². The highest BCUT2D eigenvalue weighted by atomic mass is 14.9. The Labute approximate surface area is 95.0 Å². The van der Waals surface area contributed by atoms with Gasteiger partial charge in [0.1, 0.15) is 0 Å². The Balaban J connectivity index is 2.06. The average Bonchev–Trinajstić information content (AvgIpc) is 2.96. The molecular weight excluding hydrogens is 184 g/mol. The predicted octanol–water partition coefficient (Wildman–Crippen LogP) is 2.39. The van der Waals surface area contributed by atoms with Crippen molar-refractivity contribution in [1.82, 2.24) is 5.32 Å². The molecule has 0 aliphatic heterocycles. The molecule has 1 rings (SSSR count). The SMILES string of the molecule is CC(CCCN)CNCC1(C(C)C)CC1. The monoisotopic (exact) mass is 212 g/mol. The molecule has 0 aromatic carbocycles. The maximum atomic E-state index is 5.50. The van der Waals surface area contributed by atoms with Crippen LogP contribution in [0.2, 0.25) is 0 Å². The molecule has 15 heavy (non-hydrogen) atoms. The van der Waals surface area contributed by atoms with Crippen molar-refractivity contribution in [2.45, 2.75) is 46.5 Å². The largest absolute Gasteiger partial charge is 0.330 e. The second-order valence-corrected chi connectivity index (χ2v) is 5.68. The third-order valence-electron chi connectivity index (χ3n) is 3.99. The first-order valence-electron chi connectivity index (χ1n) is 6.51. The first-order chi connectivity index (χ1) is 7.10. The molecule has 2 heteroatoms. The smallest absolute Gasteiger partial charge is 0.00104 e. The van der Waals surface area contributed by atoms with Crippen molar-refractivity contribution in [2.24, 2.45) is 23.0 Å². The number of rotatable bonds is 8. The molecular formula is C13H28N2. The van der Waals surface area contributed by atoms with E-state index >= 15 is 0 Å². The summed E-state index contributed by atoms with van der Waals surface area (Å²) in [5.74, 6) is 1.61. The summed E-state index contributed by atoms with van der Waals surface area (Å²) in [5.41, 5.74) is 6.15. The van der Waals surface area contributed by atoms with Gasteiger partial charge in [0.05, 0.1) is 0 Å². The zero-order valence-electron chi connectivity index (χ0n) is 10.7. The molecule has 0 aromatic heterocycles. The Morgan fingerprint density at radius 2 is 1.93 bits per heavy atom. The van der Waals surface area contributed by atoms with Crippen LogP contribution in [0.25, 0.3) is 0 Å². The second-order valence-electron chi connectivity index (χ2n) is 5.68. The van der Waals surface area contributed by atoms with Gasteiger partial charge in [0.15, 0.2) is 0 Å². The molecule has 0 aromatic rings. The van der Waals surface area contributed by atoms with E-state index in [9.17, 15) is 0 Å². The lowest BCUT2D eigenvalue weighted by Gasteiger charge is -2.21. The van der Waals surface area contributed by atoms with Crippen molar-refractivity contribution in [3.05, 3.63) is 0 Å². The molecule has 1 aliphatic carbocycles. The maximum absolute atomic E-state index is 5.50. The van der Waals surface area contributed by atoms with E-state index in [1.54, 1.807) is 0 Å². The number of hydrogen-bond donors (Lipinski definition) is 2. The summed E-state index contributed by atoms with van der Waals surface area (Å²) >= 11 is 0. The van der Waals surface area contributed by atoms with Gasteiger partial charge in [0.25, 0.3) is 0 Å². The highest BCUT2D eigenvalue weighted by molar-refractivity contribution is 4.97. The lowest BCUT2D eigenvalue weighted by Crippen LogP contribution is -2.31. The summed E-state index contributed by atoms with van der Waals surface area (Å²) in [7, 11) is 0. The van der Waals surface area contributed by atoms with Crippen molar-refractivity contribution < 1.29 is 0 Å². The van der Waals surface area contributed by atoms with E-state index < -0.39 is 0 Å². The van der Waals surface area contributed by atoms with Gasteiger partial charge in [-0.05, 0) is 56.0 Å². The van der Waals surface area contributed by atoms with E-state index in [0.717, 1.165) is 31.3 Å². The minimum absolute atomic E-state index is 0.646. The predicted molar refractivity (Wildman–Crippen MR) is 66.8 cm³/mol. The van der Waals surface area contributed by atoms with Gasteiger partial charge >= 0.3 is 0 Å². The molecule has 1 saturated carbocycles. The second kappa shape index (κ2) is 5.86. The van der Waals surface area contributed by atoms with Gasteiger partial charge < -0.3 is 11.1 Å². The average molecular weight is 212 g/mol. The standard InChI is InChI=1S/C13H28N2/c1-11(2)13(6-7-13)10-15-9-12(3)5-4-8-14/h11-12,15H,4-10,14H2,1-3H3. The normalized spacial score (nSPS) is 20.6. The summed E-state index contributed by atoms with van der Waals surface area (Å²) in [6, 6.07) is 0. The van der Waals surface area contributed by atoms with E-state index in [1.807, 2.05) is 0 Å². The van der Waals surface area contributed by atoms with Crippen LogP contribution in [-0.2, 0) is 0 Å². The van der Waals surface area contributed by atoms with E-state index in [-0.39, 0.29) is 0 Å². The Kier molecular flexibility index (Phi) is 5.07. The Morgan fingerprint density at radius 3 is 2.40 bits per heavy atom. The van der Waals surface area contributed by atoms with Crippen LogP contribution in [0.1, 0.15) is 46.5 Å². The van der Waals surface area contributed by atoms with Gasteiger partial charge in [0.2, 0.25) is 0 Å². The molecule has 0 spiro atoms. The van der Waals surface area contributed by atoms with E-state index in [4.69, 9.17) is 5.73 Å². The summed E-state index contributed by atoms with van der Waals surface area (Å²) in [6.45, 7) is 10.2. The van der Waals surface area contributed by atoms with Crippen LogP contribution in [-0.4, -0.2) is 19.6 Å². The summed E-state index contributed by atoms with van der Waals surface area (Å²) in [5, 5.41) is 3.64. The van der Waals surface area contributed by atoms with Crippen LogP contribution >= 0.6 is 0 Å². The molecule has 1 aliphatic rings. The van der Waals surface area contributed by atoms with Crippen LogP contribution in [0.3, 0.4) is 0 Å². The van der Waals surface area contributed by atoms with E-state index in [1.165, 1.54) is 25.8 Å². The molecule has 0 amide bonds. The first kappa shape index (κ1) is 13.0. The van der Waals surface area contributed by atoms with Crippen LogP contribution < -0.4 is 11.1 Å². The molecule has 0 saturated heterocycles. The highest BCUT2D eigenvalue weighted by Gasteiger charge is 2.44. The summed E-state index contributed by atoms with van der Waals surface area (Å²) in [6.07, 6.45) is 5.28. The molecule has 0 radical (unpaired) electrons. The zero-order valence-corrected chi connectivity index (χ0v) is 10.7. The quantitative estimate of drug-likeness (QED) is 0.648. The minimum atomic E-state index is 0.646. The number of nitrogens with two attached hydrogens (primary N) is 1. The molecule has 1 fully saturated rings. The van der Waals surface area contributed by atoms with Crippen molar-refractivity contribution in [3.63, 3.8) is 0 Å². The van der Waals surface area contributed by atoms with Crippen molar-refractivity contribution in [2.75, 3.05) is 19.6 Å². The Morgan fingerprint density at radius 1 is 1.27 bits per heavy atom. The third kappa shape index (κ3) is 4.12.